The normalized spacial score (nSPS) is 16.7. The van der Waals surface area contributed by atoms with E-state index in [1.54, 1.807) is 19.2 Å². The number of carbonyl (C=O) groups is 2. The zero-order valence-electron chi connectivity index (χ0n) is 16.9. The lowest BCUT2D eigenvalue weighted by Crippen LogP contribution is -2.32. The molecule has 6 heteroatoms. The minimum Gasteiger partial charge on any atom is -0.503 e. The maximum Gasteiger partial charge on any atom is 0.290 e. The molecule has 4 rings (SSSR count). The van der Waals surface area contributed by atoms with Crippen LogP contribution in [0.4, 0.5) is 0 Å². The fourth-order valence-corrected chi connectivity index (χ4v) is 3.91. The van der Waals surface area contributed by atoms with Crippen molar-refractivity contribution >= 4 is 22.7 Å². The van der Waals surface area contributed by atoms with E-state index in [0.717, 1.165) is 16.5 Å². The molecule has 0 saturated heterocycles. The molecule has 1 N–H and O–H groups in total. The number of methoxy groups -OCH3 is 1. The van der Waals surface area contributed by atoms with Crippen LogP contribution in [0.1, 0.15) is 34.1 Å². The molecule has 0 aliphatic carbocycles. The van der Waals surface area contributed by atoms with Crippen molar-refractivity contribution in [2.75, 3.05) is 20.3 Å². The summed E-state index contributed by atoms with van der Waals surface area (Å²) in [5.41, 5.74) is 2.39. The maximum absolute atomic E-state index is 13.4. The summed E-state index contributed by atoms with van der Waals surface area (Å²) in [5.74, 6) is -1.47. The summed E-state index contributed by atoms with van der Waals surface area (Å²) >= 11 is 0. The largest absolute Gasteiger partial charge is 0.503 e. The van der Waals surface area contributed by atoms with E-state index in [4.69, 9.17) is 9.15 Å². The number of aliphatic hydroxyl groups excluding tert-OH is 1. The Bertz CT molecular complexity index is 1110. The van der Waals surface area contributed by atoms with Crippen LogP contribution in [0.2, 0.25) is 0 Å². The predicted octanol–water partition coefficient (Wildman–Crippen LogP) is 4.36. The number of fused-ring (bicyclic) bond motifs is 1. The number of aliphatic hydroxyl groups is 1. The minimum absolute atomic E-state index is 0.0436. The predicted molar refractivity (Wildman–Crippen MR) is 112 cm³/mol. The Labute approximate surface area is 174 Å². The summed E-state index contributed by atoms with van der Waals surface area (Å²) in [6.45, 7) is 2.77. The molecule has 1 atom stereocenters. The number of Topliss-reactive ketones (excluding diaryl/α,β-unsaturated/α-hetero) is 1. The van der Waals surface area contributed by atoms with Crippen LogP contribution in [-0.2, 0) is 9.53 Å². The molecule has 154 valence electrons. The van der Waals surface area contributed by atoms with E-state index in [2.05, 4.69) is 0 Å². The Balaban J connectivity index is 1.77. The molecular formula is C24H23NO5. The number of nitrogens with zero attached hydrogens (tertiary/aromatic N) is 1. The van der Waals surface area contributed by atoms with Crippen LogP contribution >= 0.6 is 0 Å². The number of ketones is 1. The van der Waals surface area contributed by atoms with Crippen molar-refractivity contribution < 1.29 is 23.8 Å². The second-order valence-corrected chi connectivity index (χ2v) is 7.40. The quantitative estimate of drug-likeness (QED) is 0.467. The summed E-state index contributed by atoms with van der Waals surface area (Å²) < 4.78 is 10.8. The standard InChI is InChI=1S/C24H23NO5/c1-15-7-5-9-17(13-15)21-20(23(27)24(28)25(21)11-6-12-29-2)22(26)19-14-16-8-3-4-10-18(16)30-19/h3-5,7-10,13-14,21,27H,6,11-12H2,1-2H3. The molecule has 0 bridgehead atoms. The van der Waals surface area contributed by atoms with E-state index in [1.165, 1.54) is 4.90 Å². The van der Waals surface area contributed by atoms with Crippen molar-refractivity contribution in [1.29, 1.82) is 0 Å². The highest BCUT2D eigenvalue weighted by Crippen LogP contribution is 2.39. The Morgan fingerprint density at radius 1 is 1.17 bits per heavy atom. The van der Waals surface area contributed by atoms with E-state index >= 15 is 0 Å². The average molecular weight is 405 g/mol. The van der Waals surface area contributed by atoms with Gasteiger partial charge in [0.2, 0.25) is 5.78 Å². The smallest absolute Gasteiger partial charge is 0.290 e. The molecule has 0 fully saturated rings. The molecule has 1 aliphatic rings. The average Bonchev–Trinajstić information content (AvgIpc) is 3.28. The second-order valence-electron chi connectivity index (χ2n) is 7.40. The molecule has 3 aromatic rings. The van der Waals surface area contributed by atoms with Gasteiger partial charge < -0.3 is 19.2 Å². The number of benzene rings is 2. The zero-order valence-corrected chi connectivity index (χ0v) is 16.9. The van der Waals surface area contributed by atoms with Gasteiger partial charge in [0.1, 0.15) is 5.58 Å². The van der Waals surface area contributed by atoms with Crippen LogP contribution in [0.15, 0.2) is 70.3 Å². The number of rotatable bonds is 7. The van der Waals surface area contributed by atoms with Gasteiger partial charge in [0.05, 0.1) is 11.6 Å². The lowest BCUT2D eigenvalue weighted by molar-refractivity contribution is -0.129. The van der Waals surface area contributed by atoms with Gasteiger partial charge in [0.15, 0.2) is 11.5 Å². The summed E-state index contributed by atoms with van der Waals surface area (Å²) in [6, 6.07) is 15.9. The van der Waals surface area contributed by atoms with Gasteiger partial charge in [-0.3, -0.25) is 9.59 Å². The number of hydrogen-bond acceptors (Lipinski definition) is 5. The van der Waals surface area contributed by atoms with E-state index in [-0.39, 0.29) is 11.3 Å². The van der Waals surface area contributed by atoms with Crippen molar-refractivity contribution in [2.45, 2.75) is 19.4 Å². The first-order chi connectivity index (χ1) is 14.5. The number of ether oxygens (including phenoxy) is 1. The van der Waals surface area contributed by atoms with Crippen LogP contribution in [-0.4, -0.2) is 42.0 Å². The highest BCUT2D eigenvalue weighted by atomic mass is 16.5. The van der Waals surface area contributed by atoms with Gasteiger partial charge in [-0.1, -0.05) is 48.0 Å². The topological polar surface area (TPSA) is 80.0 Å². The van der Waals surface area contributed by atoms with Crippen molar-refractivity contribution in [3.05, 3.63) is 82.8 Å². The molecule has 2 aromatic carbocycles. The van der Waals surface area contributed by atoms with Crippen molar-refractivity contribution in [3.8, 4) is 0 Å². The third-order valence-electron chi connectivity index (χ3n) is 5.30. The number of aryl methyl sites for hydroxylation is 1. The molecule has 2 heterocycles. The maximum atomic E-state index is 13.4. The third-order valence-corrected chi connectivity index (χ3v) is 5.30. The summed E-state index contributed by atoms with van der Waals surface area (Å²) in [4.78, 5) is 27.8. The monoisotopic (exact) mass is 405 g/mol. The molecule has 1 unspecified atom stereocenters. The molecule has 1 aliphatic heterocycles. The van der Waals surface area contributed by atoms with Crippen LogP contribution in [0.5, 0.6) is 0 Å². The zero-order chi connectivity index (χ0) is 21.3. The van der Waals surface area contributed by atoms with Gasteiger partial charge in [-0.2, -0.15) is 0 Å². The highest BCUT2D eigenvalue weighted by Gasteiger charge is 2.44. The Morgan fingerprint density at radius 2 is 1.97 bits per heavy atom. The Kier molecular flexibility index (Phi) is 5.42. The lowest BCUT2D eigenvalue weighted by atomic mass is 9.94. The van der Waals surface area contributed by atoms with Crippen LogP contribution in [0, 0.1) is 6.92 Å². The van der Waals surface area contributed by atoms with Crippen LogP contribution < -0.4 is 0 Å². The second kappa shape index (κ2) is 8.16. The molecule has 6 nitrogen and oxygen atoms in total. The van der Waals surface area contributed by atoms with E-state index in [0.29, 0.717) is 25.2 Å². The summed E-state index contributed by atoms with van der Waals surface area (Å²) in [7, 11) is 1.59. The third kappa shape index (κ3) is 3.50. The van der Waals surface area contributed by atoms with Crippen LogP contribution in [0.25, 0.3) is 11.0 Å². The highest BCUT2D eigenvalue weighted by molar-refractivity contribution is 6.16. The van der Waals surface area contributed by atoms with E-state index in [9.17, 15) is 14.7 Å². The molecule has 1 aromatic heterocycles. The minimum atomic E-state index is -0.685. The molecule has 1 amide bonds. The van der Waals surface area contributed by atoms with Crippen molar-refractivity contribution in [2.24, 2.45) is 0 Å². The fourth-order valence-electron chi connectivity index (χ4n) is 3.91. The Hall–Kier alpha value is -3.38. The van der Waals surface area contributed by atoms with E-state index < -0.39 is 23.5 Å². The SMILES string of the molecule is COCCCN1C(=O)C(O)=C(C(=O)c2cc3ccccc3o2)C1c1cccc(C)c1. The number of para-hydroxylation sites is 1. The first-order valence-corrected chi connectivity index (χ1v) is 9.84. The summed E-state index contributed by atoms with van der Waals surface area (Å²) in [5, 5.41) is 11.5. The first kappa shape index (κ1) is 19.9. The van der Waals surface area contributed by atoms with Gasteiger partial charge in [0.25, 0.3) is 5.91 Å². The molecule has 0 radical (unpaired) electrons. The van der Waals surface area contributed by atoms with Crippen molar-refractivity contribution in [1.82, 2.24) is 4.90 Å². The van der Waals surface area contributed by atoms with Crippen LogP contribution in [0.3, 0.4) is 0 Å². The molecule has 30 heavy (non-hydrogen) atoms. The Morgan fingerprint density at radius 3 is 2.70 bits per heavy atom. The number of carbonyl (C=O) groups excluding carboxylic acids is 2. The van der Waals surface area contributed by atoms with Gasteiger partial charge in [0, 0.05) is 25.6 Å². The van der Waals surface area contributed by atoms with E-state index in [1.807, 2.05) is 49.4 Å². The van der Waals surface area contributed by atoms with Gasteiger partial charge in [-0.15, -0.1) is 0 Å². The lowest BCUT2D eigenvalue weighted by Gasteiger charge is -2.26. The number of amides is 1. The number of hydrogen-bond donors (Lipinski definition) is 1. The van der Waals surface area contributed by atoms with Gasteiger partial charge in [-0.05, 0) is 31.0 Å². The molecule has 0 spiro atoms. The number of furan rings is 1. The fraction of sp³-hybridized carbons (Fsp3) is 0.250. The molecule has 0 saturated carbocycles. The summed E-state index contributed by atoms with van der Waals surface area (Å²) in [6.07, 6.45) is 0.587. The molecular weight excluding hydrogens is 382 g/mol. The van der Waals surface area contributed by atoms with Gasteiger partial charge in [-0.25, -0.2) is 0 Å². The first-order valence-electron chi connectivity index (χ1n) is 9.84. The van der Waals surface area contributed by atoms with Gasteiger partial charge >= 0.3 is 0 Å². The van der Waals surface area contributed by atoms with Crippen molar-refractivity contribution in [3.63, 3.8) is 0 Å².